The van der Waals surface area contributed by atoms with Crippen molar-refractivity contribution in [3.05, 3.63) is 36.4 Å². The minimum Gasteiger partial charge on any atom is -0.406 e. The second-order valence-electron chi connectivity index (χ2n) is 6.90. The van der Waals surface area contributed by atoms with Crippen LogP contribution in [0.5, 0.6) is 5.75 Å². The molecular weight excluding hydrogens is 320 g/mol. The van der Waals surface area contributed by atoms with Gasteiger partial charge in [0.2, 0.25) is 0 Å². The molecule has 0 unspecified atom stereocenters. The van der Waals surface area contributed by atoms with Crippen LogP contribution in [0.1, 0.15) is 27.7 Å². The van der Waals surface area contributed by atoms with Gasteiger partial charge in [0.05, 0.1) is 11.2 Å². The van der Waals surface area contributed by atoms with E-state index in [-0.39, 0.29) is 5.75 Å². The van der Waals surface area contributed by atoms with Crippen LogP contribution in [0.3, 0.4) is 0 Å². The number of ether oxygens (including phenoxy) is 1. The summed E-state index contributed by atoms with van der Waals surface area (Å²) in [6, 6.07) is 9.63. The van der Waals surface area contributed by atoms with Crippen LogP contribution in [-0.4, -0.2) is 24.7 Å². The zero-order valence-corrected chi connectivity index (χ0v) is 13.9. The van der Waals surface area contributed by atoms with Crippen molar-refractivity contribution >= 4 is 23.4 Å². The molecule has 0 aliphatic carbocycles. The normalized spacial score (nSPS) is 19.7. The molecule has 2 aromatic rings. The second kappa shape index (κ2) is 5.39. The van der Waals surface area contributed by atoms with Crippen LogP contribution < -0.4 is 10.2 Å². The molecular formula is C17H18BF3O3. The van der Waals surface area contributed by atoms with E-state index < -0.39 is 24.7 Å². The fraction of sp³-hybridized carbons (Fsp3) is 0.412. The van der Waals surface area contributed by atoms with Gasteiger partial charge in [0.15, 0.2) is 0 Å². The SMILES string of the molecule is CC1(C)OB(c2ccc3cc(OC(F)(F)F)ccc3c2)OC1(C)C. The number of hydrogen-bond donors (Lipinski definition) is 0. The topological polar surface area (TPSA) is 27.7 Å². The van der Waals surface area contributed by atoms with E-state index in [2.05, 4.69) is 4.74 Å². The Morgan fingerprint density at radius 3 is 2.00 bits per heavy atom. The Hall–Kier alpha value is -1.73. The molecule has 0 N–H and O–H groups in total. The molecule has 1 aliphatic rings. The number of rotatable bonds is 2. The smallest absolute Gasteiger partial charge is 0.406 e. The minimum atomic E-state index is -4.70. The Kier molecular flexibility index (Phi) is 3.84. The average Bonchev–Trinajstić information content (AvgIpc) is 2.65. The lowest BCUT2D eigenvalue weighted by atomic mass is 9.78. The standard InChI is InChI=1S/C17H18BF3O3/c1-15(2)16(3,4)24-18(23-15)13-7-5-12-10-14(22-17(19,20)21)8-6-11(12)9-13/h5-10H,1-4H3. The van der Waals surface area contributed by atoms with Gasteiger partial charge in [-0.1, -0.05) is 24.3 Å². The molecule has 2 aromatic carbocycles. The molecule has 1 heterocycles. The number of halogens is 3. The van der Waals surface area contributed by atoms with E-state index in [4.69, 9.17) is 9.31 Å². The highest BCUT2D eigenvalue weighted by Crippen LogP contribution is 2.36. The summed E-state index contributed by atoms with van der Waals surface area (Å²) in [4.78, 5) is 0. The van der Waals surface area contributed by atoms with Crippen molar-refractivity contribution in [3.8, 4) is 5.75 Å². The van der Waals surface area contributed by atoms with Gasteiger partial charge in [-0.05, 0) is 56.1 Å². The van der Waals surface area contributed by atoms with E-state index in [1.165, 1.54) is 12.1 Å². The van der Waals surface area contributed by atoms with Crippen molar-refractivity contribution in [2.75, 3.05) is 0 Å². The molecule has 128 valence electrons. The fourth-order valence-electron chi connectivity index (χ4n) is 2.57. The van der Waals surface area contributed by atoms with Gasteiger partial charge in [-0.25, -0.2) is 0 Å². The van der Waals surface area contributed by atoms with Gasteiger partial charge < -0.3 is 14.0 Å². The molecule has 24 heavy (non-hydrogen) atoms. The predicted octanol–water partition coefficient (Wildman–Crippen LogP) is 4.04. The molecule has 1 fully saturated rings. The monoisotopic (exact) mass is 338 g/mol. The number of hydrogen-bond acceptors (Lipinski definition) is 3. The maximum Gasteiger partial charge on any atom is 0.573 e. The van der Waals surface area contributed by atoms with Gasteiger partial charge in [0.25, 0.3) is 0 Å². The predicted molar refractivity (Wildman–Crippen MR) is 86.3 cm³/mol. The first-order valence-corrected chi connectivity index (χ1v) is 7.62. The molecule has 0 atom stereocenters. The molecule has 7 heteroatoms. The summed E-state index contributed by atoms with van der Waals surface area (Å²) in [5.74, 6) is -0.238. The molecule has 0 saturated carbocycles. The van der Waals surface area contributed by atoms with Crippen LogP contribution in [0.4, 0.5) is 13.2 Å². The Morgan fingerprint density at radius 2 is 1.42 bits per heavy atom. The molecule has 0 radical (unpaired) electrons. The van der Waals surface area contributed by atoms with Gasteiger partial charge in [0, 0.05) is 0 Å². The molecule has 0 bridgehead atoms. The van der Waals surface area contributed by atoms with Gasteiger partial charge in [0.1, 0.15) is 5.75 Å². The zero-order valence-electron chi connectivity index (χ0n) is 13.9. The summed E-state index contributed by atoms with van der Waals surface area (Å²) in [6.45, 7) is 7.87. The number of alkyl halides is 3. The first-order valence-electron chi connectivity index (χ1n) is 7.62. The third kappa shape index (κ3) is 3.23. The van der Waals surface area contributed by atoms with Crippen LogP contribution in [-0.2, 0) is 9.31 Å². The largest absolute Gasteiger partial charge is 0.573 e. The average molecular weight is 338 g/mol. The zero-order chi connectivity index (χ0) is 17.8. The van der Waals surface area contributed by atoms with Crippen LogP contribution in [0.25, 0.3) is 10.8 Å². The summed E-state index contributed by atoms with van der Waals surface area (Å²) >= 11 is 0. The lowest BCUT2D eigenvalue weighted by molar-refractivity contribution is -0.274. The summed E-state index contributed by atoms with van der Waals surface area (Å²) in [6.07, 6.45) is -4.70. The van der Waals surface area contributed by atoms with Crippen molar-refractivity contribution in [2.45, 2.75) is 45.3 Å². The number of benzene rings is 2. The van der Waals surface area contributed by atoms with E-state index in [1.807, 2.05) is 33.8 Å². The Bertz CT molecular complexity index is 755. The Balaban J connectivity index is 1.89. The first kappa shape index (κ1) is 17.1. The van der Waals surface area contributed by atoms with Gasteiger partial charge >= 0.3 is 13.5 Å². The molecule has 0 spiro atoms. The van der Waals surface area contributed by atoms with Crippen molar-refractivity contribution in [1.82, 2.24) is 0 Å². The molecule has 0 amide bonds. The highest BCUT2D eigenvalue weighted by Gasteiger charge is 2.51. The van der Waals surface area contributed by atoms with Crippen molar-refractivity contribution in [2.24, 2.45) is 0 Å². The quantitative estimate of drug-likeness (QED) is 0.774. The van der Waals surface area contributed by atoms with E-state index >= 15 is 0 Å². The molecule has 1 saturated heterocycles. The lowest BCUT2D eigenvalue weighted by Gasteiger charge is -2.32. The van der Waals surface area contributed by atoms with Crippen LogP contribution in [0.2, 0.25) is 0 Å². The summed E-state index contributed by atoms with van der Waals surface area (Å²) in [5, 5.41) is 1.44. The first-order chi connectivity index (χ1) is 11.0. The fourth-order valence-corrected chi connectivity index (χ4v) is 2.57. The lowest BCUT2D eigenvalue weighted by Crippen LogP contribution is -2.41. The van der Waals surface area contributed by atoms with E-state index in [0.717, 1.165) is 10.8 Å². The van der Waals surface area contributed by atoms with Crippen LogP contribution in [0.15, 0.2) is 36.4 Å². The Morgan fingerprint density at radius 1 is 0.875 bits per heavy atom. The maximum absolute atomic E-state index is 12.3. The van der Waals surface area contributed by atoms with Crippen LogP contribution in [0, 0.1) is 0 Å². The van der Waals surface area contributed by atoms with Crippen molar-refractivity contribution in [3.63, 3.8) is 0 Å². The third-order valence-electron chi connectivity index (χ3n) is 4.59. The highest BCUT2D eigenvalue weighted by atomic mass is 19.4. The summed E-state index contributed by atoms with van der Waals surface area (Å²) in [5.41, 5.74) is -0.0701. The van der Waals surface area contributed by atoms with Crippen LogP contribution >= 0.6 is 0 Å². The highest BCUT2D eigenvalue weighted by molar-refractivity contribution is 6.62. The van der Waals surface area contributed by atoms with Crippen molar-refractivity contribution in [1.29, 1.82) is 0 Å². The van der Waals surface area contributed by atoms with Gasteiger partial charge in [-0.15, -0.1) is 13.2 Å². The molecule has 1 aliphatic heterocycles. The van der Waals surface area contributed by atoms with Gasteiger partial charge in [-0.2, -0.15) is 0 Å². The molecule has 3 rings (SSSR count). The van der Waals surface area contributed by atoms with E-state index in [9.17, 15) is 13.2 Å². The van der Waals surface area contributed by atoms with Gasteiger partial charge in [-0.3, -0.25) is 0 Å². The number of fused-ring (bicyclic) bond motifs is 1. The molecule has 3 nitrogen and oxygen atoms in total. The van der Waals surface area contributed by atoms with E-state index in [1.54, 1.807) is 18.2 Å². The third-order valence-corrected chi connectivity index (χ3v) is 4.59. The Labute approximate surface area is 138 Å². The summed E-state index contributed by atoms with van der Waals surface area (Å²) in [7, 11) is -0.509. The minimum absolute atomic E-state index is 0.238. The maximum atomic E-state index is 12.3. The van der Waals surface area contributed by atoms with Crippen molar-refractivity contribution < 1.29 is 27.2 Å². The van der Waals surface area contributed by atoms with E-state index in [0.29, 0.717) is 5.39 Å². The second-order valence-corrected chi connectivity index (χ2v) is 6.90. The summed E-state index contributed by atoms with van der Waals surface area (Å²) < 4.78 is 52.8. The molecule has 0 aromatic heterocycles.